The zero-order valence-corrected chi connectivity index (χ0v) is 25.6. The summed E-state index contributed by atoms with van der Waals surface area (Å²) in [6.07, 6.45) is 0. The van der Waals surface area contributed by atoms with Crippen LogP contribution in [0.15, 0.2) is 170 Å². The number of para-hydroxylation sites is 1. The molecule has 0 spiro atoms. The molecule has 10 rings (SSSR count). The monoisotopic (exact) mass is 596 g/mol. The van der Waals surface area contributed by atoms with Gasteiger partial charge in [0.1, 0.15) is 11.5 Å². The lowest BCUT2D eigenvalue weighted by atomic mass is 9.82. The molecule has 1 aliphatic heterocycles. The average Bonchev–Trinajstić information content (AvgIpc) is 3.14. The first-order valence-corrected chi connectivity index (χ1v) is 16.2. The molecule has 0 amide bonds. The van der Waals surface area contributed by atoms with Crippen molar-refractivity contribution in [2.75, 3.05) is 0 Å². The van der Waals surface area contributed by atoms with Gasteiger partial charge in [0.15, 0.2) is 0 Å². The molecule has 9 aromatic carbocycles. The second kappa shape index (κ2) is 10.2. The summed E-state index contributed by atoms with van der Waals surface area (Å²) in [5.41, 5.74) is 9.79. The van der Waals surface area contributed by atoms with Crippen molar-refractivity contribution in [1.29, 1.82) is 0 Å². The van der Waals surface area contributed by atoms with E-state index >= 15 is 0 Å². The van der Waals surface area contributed by atoms with Gasteiger partial charge in [-0.1, -0.05) is 152 Å². The van der Waals surface area contributed by atoms with Crippen molar-refractivity contribution >= 4 is 43.1 Å². The fourth-order valence-electron chi connectivity index (χ4n) is 7.82. The van der Waals surface area contributed by atoms with Crippen LogP contribution in [0.3, 0.4) is 0 Å². The molecule has 0 N–H and O–H groups in total. The molecule has 47 heavy (non-hydrogen) atoms. The Morgan fingerprint density at radius 1 is 0.298 bits per heavy atom. The maximum atomic E-state index is 6.47. The van der Waals surface area contributed by atoms with Gasteiger partial charge in [-0.05, 0) is 94.8 Å². The van der Waals surface area contributed by atoms with Crippen LogP contribution in [0, 0.1) is 0 Å². The SMILES string of the molecule is c1ccc2c(c1)Oc1cccc3c(-c4c5ccccc5c(-c5ccccc5-c5ccc6ccccc6c5)c5ccccc45)ccc-2c13. The van der Waals surface area contributed by atoms with Crippen LogP contribution < -0.4 is 4.74 Å². The molecule has 0 atom stereocenters. The van der Waals surface area contributed by atoms with Gasteiger partial charge in [-0.25, -0.2) is 0 Å². The van der Waals surface area contributed by atoms with Crippen LogP contribution in [0.5, 0.6) is 11.5 Å². The molecule has 1 heterocycles. The molecule has 1 heteroatoms. The largest absolute Gasteiger partial charge is 0.456 e. The van der Waals surface area contributed by atoms with Gasteiger partial charge in [-0.15, -0.1) is 0 Å². The molecule has 9 aromatic rings. The van der Waals surface area contributed by atoms with Crippen molar-refractivity contribution in [2.24, 2.45) is 0 Å². The molecule has 0 saturated carbocycles. The van der Waals surface area contributed by atoms with E-state index in [1.807, 2.05) is 6.07 Å². The third-order valence-electron chi connectivity index (χ3n) is 9.86. The fourth-order valence-corrected chi connectivity index (χ4v) is 7.82. The number of hydrogen-bond acceptors (Lipinski definition) is 1. The first-order chi connectivity index (χ1) is 23.3. The zero-order chi connectivity index (χ0) is 30.9. The van der Waals surface area contributed by atoms with E-state index in [2.05, 4.69) is 164 Å². The average molecular weight is 597 g/mol. The van der Waals surface area contributed by atoms with E-state index in [9.17, 15) is 0 Å². The summed E-state index contributed by atoms with van der Waals surface area (Å²) in [6.45, 7) is 0. The van der Waals surface area contributed by atoms with Gasteiger partial charge in [-0.2, -0.15) is 0 Å². The highest BCUT2D eigenvalue weighted by atomic mass is 16.5. The van der Waals surface area contributed by atoms with Gasteiger partial charge >= 0.3 is 0 Å². The molecule has 0 aromatic heterocycles. The summed E-state index contributed by atoms with van der Waals surface area (Å²) in [6, 6.07) is 61.6. The second-order valence-corrected chi connectivity index (χ2v) is 12.4. The molecule has 0 unspecified atom stereocenters. The van der Waals surface area contributed by atoms with E-state index in [-0.39, 0.29) is 0 Å². The smallest absolute Gasteiger partial charge is 0.135 e. The summed E-state index contributed by atoms with van der Waals surface area (Å²) < 4.78 is 6.47. The van der Waals surface area contributed by atoms with Gasteiger partial charge in [0.05, 0.1) is 0 Å². The maximum Gasteiger partial charge on any atom is 0.135 e. The van der Waals surface area contributed by atoms with Crippen molar-refractivity contribution in [3.8, 4) is 56.0 Å². The van der Waals surface area contributed by atoms with Gasteiger partial charge in [0, 0.05) is 10.9 Å². The minimum absolute atomic E-state index is 0.908. The third kappa shape index (κ3) is 3.90. The molecule has 0 aliphatic carbocycles. The van der Waals surface area contributed by atoms with Crippen molar-refractivity contribution < 1.29 is 4.74 Å². The first kappa shape index (κ1) is 26.1. The fraction of sp³-hybridized carbons (Fsp3) is 0. The Morgan fingerprint density at radius 3 is 1.57 bits per heavy atom. The number of benzene rings is 9. The van der Waals surface area contributed by atoms with E-state index in [4.69, 9.17) is 4.74 Å². The summed E-state index contributed by atoms with van der Waals surface area (Å²) >= 11 is 0. The Morgan fingerprint density at radius 2 is 0.830 bits per heavy atom. The molecule has 1 nitrogen and oxygen atoms in total. The van der Waals surface area contributed by atoms with Gasteiger partial charge in [0.25, 0.3) is 0 Å². The Kier molecular flexibility index (Phi) is 5.64. The number of hydrogen-bond donors (Lipinski definition) is 0. The summed E-state index contributed by atoms with van der Waals surface area (Å²) in [7, 11) is 0. The minimum atomic E-state index is 0.908. The van der Waals surface area contributed by atoms with Gasteiger partial charge < -0.3 is 4.74 Å². The lowest BCUT2D eigenvalue weighted by molar-refractivity contribution is 0.487. The van der Waals surface area contributed by atoms with Crippen LogP contribution in [0.1, 0.15) is 0 Å². The highest BCUT2D eigenvalue weighted by Crippen LogP contribution is 2.51. The summed E-state index contributed by atoms with van der Waals surface area (Å²) in [5, 5.41) is 9.85. The molecule has 0 saturated heterocycles. The van der Waals surface area contributed by atoms with E-state index in [0.29, 0.717) is 0 Å². The standard InChI is InChI=1S/C46H28O/c1-2-13-30-28-31(25-24-29(30)12-1)32-14-3-4-16-34(32)44-35-17-5-7-19-37(35)45(38-20-8-6-18-36(38)44)41-27-26-40-33-15-9-10-22-42(33)47-43-23-11-21-39(41)46(40)43/h1-28H. The maximum absolute atomic E-state index is 6.47. The first-order valence-electron chi connectivity index (χ1n) is 16.2. The van der Waals surface area contributed by atoms with Crippen molar-refractivity contribution in [3.05, 3.63) is 170 Å². The van der Waals surface area contributed by atoms with Gasteiger partial charge in [-0.3, -0.25) is 0 Å². The molecule has 0 bridgehead atoms. The van der Waals surface area contributed by atoms with Crippen LogP contribution in [0.2, 0.25) is 0 Å². The van der Waals surface area contributed by atoms with E-state index in [1.54, 1.807) is 0 Å². The highest BCUT2D eigenvalue weighted by Gasteiger charge is 2.24. The highest BCUT2D eigenvalue weighted by molar-refractivity contribution is 6.25. The normalized spacial score (nSPS) is 12.0. The van der Waals surface area contributed by atoms with Crippen molar-refractivity contribution in [3.63, 3.8) is 0 Å². The Labute approximate surface area is 272 Å². The predicted molar refractivity (Wildman–Crippen MR) is 198 cm³/mol. The zero-order valence-electron chi connectivity index (χ0n) is 25.6. The van der Waals surface area contributed by atoms with Crippen molar-refractivity contribution in [1.82, 2.24) is 0 Å². The minimum Gasteiger partial charge on any atom is -0.456 e. The number of rotatable bonds is 3. The molecule has 1 aliphatic rings. The lowest BCUT2D eigenvalue weighted by Gasteiger charge is -2.24. The number of fused-ring (bicyclic) bond motifs is 5. The summed E-state index contributed by atoms with van der Waals surface area (Å²) in [4.78, 5) is 0. The van der Waals surface area contributed by atoms with Crippen LogP contribution in [-0.4, -0.2) is 0 Å². The quantitative estimate of drug-likeness (QED) is 0.184. The molecule has 0 fully saturated rings. The predicted octanol–water partition coefficient (Wildman–Crippen LogP) is 13.1. The third-order valence-corrected chi connectivity index (χ3v) is 9.86. The lowest BCUT2D eigenvalue weighted by Crippen LogP contribution is -1.98. The molecule has 218 valence electrons. The molecular formula is C46H28O. The Bertz CT molecular complexity index is 2660. The van der Waals surface area contributed by atoms with Crippen LogP contribution in [-0.2, 0) is 0 Å². The van der Waals surface area contributed by atoms with E-state index in [1.165, 1.54) is 82.0 Å². The van der Waals surface area contributed by atoms with Gasteiger partial charge in [0.2, 0.25) is 0 Å². The summed E-state index contributed by atoms with van der Waals surface area (Å²) in [5.74, 6) is 1.82. The van der Waals surface area contributed by atoms with Crippen LogP contribution in [0.25, 0.3) is 87.6 Å². The Balaban J connectivity index is 1.28. The van der Waals surface area contributed by atoms with E-state index in [0.717, 1.165) is 17.1 Å². The van der Waals surface area contributed by atoms with E-state index < -0.39 is 0 Å². The Hall–Kier alpha value is -6.18. The van der Waals surface area contributed by atoms with Crippen molar-refractivity contribution in [2.45, 2.75) is 0 Å². The molecular weight excluding hydrogens is 569 g/mol. The van der Waals surface area contributed by atoms with Crippen LogP contribution >= 0.6 is 0 Å². The molecule has 0 radical (unpaired) electrons. The number of ether oxygens (including phenoxy) is 1. The van der Waals surface area contributed by atoms with Crippen LogP contribution in [0.4, 0.5) is 0 Å². The second-order valence-electron chi connectivity index (χ2n) is 12.4. The topological polar surface area (TPSA) is 9.23 Å².